The number of hydrogen-bond acceptors (Lipinski definition) is 6. The molecule has 1 saturated heterocycles. The van der Waals surface area contributed by atoms with Crippen molar-refractivity contribution in [2.75, 3.05) is 4.90 Å². The van der Waals surface area contributed by atoms with Gasteiger partial charge in [-0.2, -0.15) is 0 Å². The van der Waals surface area contributed by atoms with E-state index < -0.39 is 58.8 Å². The number of Topliss-reactive ketones (excluding diaryl/α,β-unsaturated/α-hetero) is 1. The standard InChI is InChI=1S/C30H22FNO7/c1-13-10-22(33)20-12-19-16(23(25(20)26(13)34)17-6-3-7-21(31)27(17)35)8-9-18-24(19)29(37)32(28(18)36)15-5-2-4-14(11-15)30(38)39/h2-8,10-11,18-19,23-24,35H,9,12H2,1H3,(H,38,39)/t18-,19+,23+,24-/m0/s1. The lowest BCUT2D eigenvalue weighted by Crippen LogP contribution is -2.39. The van der Waals surface area contributed by atoms with Gasteiger partial charge in [0.15, 0.2) is 23.1 Å². The summed E-state index contributed by atoms with van der Waals surface area (Å²) >= 11 is 0. The van der Waals surface area contributed by atoms with E-state index in [4.69, 9.17) is 0 Å². The number of anilines is 1. The maximum atomic E-state index is 14.5. The lowest BCUT2D eigenvalue weighted by atomic mass is 9.59. The Hall–Kier alpha value is -4.66. The van der Waals surface area contributed by atoms with Gasteiger partial charge in [0, 0.05) is 28.2 Å². The fraction of sp³-hybridized carbons (Fsp3) is 0.233. The molecule has 1 fully saturated rings. The maximum absolute atomic E-state index is 14.5. The molecule has 4 atom stereocenters. The van der Waals surface area contributed by atoms with Crippen LogP contribution < -0.4 is 4.90 Å². The zero-order chi connectivity index (χ0) is 27.7. The lowest BCUT2D eigenvalue weighted by Gasteiger charge is -2.42. The molecule has 0 aromatic heterocycles. The van der Waals surface area contributed by atoms with Crippen LogP contribution in [0.3, 0.4) is 0 Å². The zero-order valence-electron chi connectivity index (χ0n) is 20.7. The normalized spacial score (nSPS) is 26.2. The number of phenolic OH excluding ortho intramolecular Hbond substituents is 1. The number of hydrogen-bond donors (Lipinski definition) is 2. The molecule has 39 heavy (non-hydrogen) atoms. The van der Waals surface area contributed by atoms with Gasteiger partial charge < -0.3 is 10.2 Å². The highest BCUT2D eigenvalue weighted by molar-refractivity contribution is 6.25. The minimum absolute atomic E-state index is 0.0330. The van der Waals surface area contributed by atoms with Crippen molar-refractivity contribution in [1.29, 1.82) is 0 Å². The number of carboxylic acid groups (broad SMARTS) is 1. The molecule has 4 aliphatic rings. The Kier molecular flexibility index (Phi) is 5.50. The van der Waals surface area contributed by atoms with Crippen LogP contribution in [0.2, 0.25) is 0 Å². The first kappa shape index (κ1) is 24.7. The Morgan fingerprint density at radius 2 is 1.77 bits per heavy atom. The van der Waals surface area contributed by atoms with Gasteiger partial charge in [-0.15, -0.1) is 0 Å². The van der Waals surface area contributed by atoms with Crippen LogP contribution in [0.4, 0.5) is 10.1 Å². The molecule has 0 saturated carbocycles. The summed E-state index contributed by atoms with van der Waals surface area (Å²) in [4.78, 5) is 66.4. The number of allylic oxidation sites excluding steroid dienone is 6. The van der Waals surface area contributed by atoms with Crippen molar-refractivity contribution in [3.63, 3.8) is 0 Å². The summed E-state index contributed by atoms with van der Waals surface area (Å²) in [5, 5.41) is 20.1. The second kappa shape index (κ2) is 8.69. The number of imide groups is 1. The summed E-state index contributed by atoms with van der Waals surface area (Å²) in [5.74, 6) is -7.80. The highest BCUT2D eigenvalue weighted by Gasteiger charge is 2.57. The van der Waals surface area contributed by atoms with Gasteiger partial charge in [-0.05, 0) is 56.0 Å². The SMILES string of the molecule is CC1=CC(=O)C2=C(C1=O)[C@@H](c1cccc(F)c1O)C1=CC[C@@H]3C(=O)N(c4cccc(C(=O)O)c4)C(=O)[C@@H]3[C@@H]1C2. The van der Waals surface area contributed by atoms with Crippen LogP contribution in [-0.2, 0) is 19.2 Å². The van der Waals surface area contributed by atoms with Crippen molar-refractivity contribution >= 4 is 35.0 Å². The van der Waals surface area contributed by atoms with Gasteiger partial charge in [0.25, 0.3) is 0 Å². The van der Waals surface area contributed by atoms with E-state index in [-0.39, 0.29) is 52.2 Å². The van der Waals surface area contributed by atoms with Gasteiger partial charge in [-0.1, -0.05) is 29.8 Å². The Morgan fingerprint density at radius 3 is 2.51 bits per heavy atom. The third kappa shape index (κ3) is 3.53. The van der Waals surface area contributed by atoms with Crippen molar-refractivity contribution in [3.05, 3.63) is 93.9 Å². The average molecular weight is 528 g/mol. The third-order valence-corrected chi connectivity index (χ3v) is 8.25. The molecule has 1 aliphatic heterocycles. The second-order valence-electron chi connectivity index (χ2n) is 10.3. The van der Waals surface area contributed by atoms with Crippen molar-refractivity contribution < 1.29 is 38.6 Å². The molecule has 1 heterocycles. The third-order valence-electron chi connectivity index (χ3n) is 8.25. The molecule has 6 rings (SSSR count). The van der Waals surface area contributed by atoms with E-state index >= 15 is 0 Å². The molecule has 196 valence electrons. The molecule has 0 unspecified atom stereocenters. The van der Waals surface area contributed by atoms with Crippen LogP contribution in [0.15, 0.2) is 76.9 Å². The number of phenols is 1. The molecule has 0 bridgehead atoms. The first-order valence-electron chi connectivity index (χ1n) is 12.5. The molecule has 3 aliphatic carbocycles. The summed E-state index contributed by atoms with van der Waals surface area (Å²) < 4.78 is 14.5. The number of carboxylic acids is 1. The minimum Gasteiger partial charge on any atom is -0.505 e. The quantitative estimate of drug-likeness (QED) is 0.352. The summed E-state index contributed by atoms with van der Waals surface area (Å²) in [6.45, 7) is 1.52. The summed E-state index contributed by atoms with van der Waals surface area (Å²) in [6, 6.07) is 9.53. The fourth-order valence-corrected chi connectivity index (χ4v) is 6.51. The van der Waals surface area contributed by atoms with Gasteiger partial charge in [-0.25, -0.2) is 9.18 Å². The molecule has 2 aromatic rings. The molecule has 2 aromatic carbocycles. The highest BCUT2D eigenvalue weighted by Crippen LogP contribution is 2.56. The number of nitrogens with zero attached hydrogens (tertiary/aromatic N) is 1. The number of ketones is 2. The van der Waals surface area contributed by atoms with Crippen LogP contribution in [0.5, 0.6) is 5.75 Å². The van der Waals surface area contributed by atoms with E-state index in [2.05, 4.69) is 0 Å². The van der Waals surface area contributed by atoms with Crippen LogP contribution >= 0.6 is 0 Å². The van der Waals surface area contributed by atoms with Crippen molar-refractivity contribution in [3.8, 4) is 5.75 Å². The second-order valence-corrected chi connectivity index (χ2v) is 10.3. The summed E-state index contributed by atoms with van der Waals surface area (Å²) in [5.41, 5.74) is 1.31. The Labute approximate surface area is 221 Å². The predicted octanol–water partition coefficient (Wildman–Crippen LogP) is 3.86. The van der Waals surface area contributed by atoms with Gasteiger partial charge in [0.05, 0.1) is 23.1 Å². The van der Waals surface area contributed by atoms with Crippen molar-refractivity contribution in [2.45, 2.75) is 25.7 Å². The number of aromatic carboxylic acids is 1. The molecular weight excluding hydrogens is 505 g/mol. The average Bonchev–Trinajstić information content (AvgIpc) is 3.17. The molecule has 0 radical (unpaired) electrons. The highest BCUT2D eigenvalue weighted by atomic mass is 19.1. The number of carbonyl (C=O) groups is 5. The van der Waals surface area contributed by atoms with Gasteiger partial charge in [-0.3, -0.25) is 24.1 Å². The predicted molar refractivity (Wildman–Crippen MR) is 135 cm³/mol. The van der Waals surface area contributed by atoms with E-state index in [1.54, 1.807) is 6.08 Å². The maximum Gasteiger partial charge on any atom is 0.335 e. The number of fused-ring (bicyclic) bond motifs is 3. The zero-order valence-corrected chi connectivity index (χ0v) is 20.7. The number of amides is 2. The summed E-state index contributed by atoms with van der Waals surface area (Å²) in [7, 11) is 0. The Bertz CT molecular complexity index is 1630. The number of para-hydroxylation sites is 1. The van der Waals surface area contributed by atoms with E-state index in [1.807, 2.05) is 0 Å². The minimum atomic E-state index is -1.20. The van der Waals surface area contributed by atoms with Gasteiger partial charge >= 0.3 is 5.97 Å². The van der Waals surface area contributed by atoms with Crippen LogP contribution in [0.25, 0.3) is 0 Å². The molecule has 8 nitrogen and oxygen atoms in total. The largest absolute Gasteiger partial charge is 0.505 e. The van der Waals surface area contributed by atoms with E-state index in [1.165, 1.54) is 49.4 Å². The van der Waals surface area contributed by atoms with E-state index in [0.717, 1.165) is 11.0 Å². The van der Waals surface area contributed by atoms with Crippen LogP contribution in [-0.4, -0.2) is 39.6 Å². The number of rotatable bonds is 3. The number of aromatic hydroxyl groups is 1. The monoisotopic (exact) mass is 527 g/mol. The van der Waals surface area contributed by atoms with Crippen molar-refractivity contribution in [2.24, 2.45) is 17.8 Å². The lowest BCUT2D eigenvalue weighted by molar-refractivity contribution is -0.123. The topological polar surface area (TPSA) is 129 Å². The molecule has 2 N–H and O–H groups in total. The van der Waals surface area contributed by atoms with Crippen molar-refractivity contribution in [1.82, 2.24) is 0 Å². The molecule has 0 spiro atoms. The Balaban J connectivity index is 1.49. The summed E-state index contributed by atoms with van der Waals surface area (Å²) in [6.07, 6.45) is 3.19. The number of benzene rings is 2. The van der Waals surface area contributed by atoms with E-state index in [9.17, 15) is 38.6 Å². The van der Waals surface area contributed by atoms with E-state index in [0.29, 0.717) is 5.57 Å². The molecular formula is C30H22FNO7. The number of halogens is 1. The number of carbonyl (C=O) groups excluding carboxylic acids is 4. The van der Waals surface area contributed by atoms with Gasteiger partial charge in [0.1, 0.15) is 0 Å². The smallest absolute Gasteiger partial charge is 0.335 e. The first-order valence-corrected chi connectivity index (χ1v) is 12.5. The first-order chi connectivity index (χ1) is 18.6. The molecule has 2 amide bonds. The fourth-order valence-electron chi connectivity index (χ4n) is 6.51. The van der Waals surface area contributed by atoms with Crippen LogP contribution in [0.1, 0.15) is 41.6 Å². The molecule has 9 heteroatoms. The Morgan fingerprint density at radius 1 is 1.03 bits per heavy atom. The van der Waals surface area contributed by atoms with Gasteiger partial charge in [0.2, 0.25) is 11.8 Å². The van der Waals surface area contributed by atoms with Crippen LogP contribution in [0, 0.1) is 23.6 Å².